The molecule has 2 heteroatoms. The molecule has 0 heterocycles. The molecule has 0 saturated heterocycles. The summed E-state index contributed by atoms with van der Waals surface area (Å²) in [7, 11) is -2.45. The van der Waals surface area contributed by atoms with Crippen LogP contribution in [0.1, 0.15) is 13.8 Å². The van der Waals surface area contributed by atoms with Gasteiger partial charge in [-0.15, -0.1) is 13.2 Å². The van der Waals surface area contributed by atoms with Gasteiger partial charge >= 0.3 is 0 Å². The van der Waals surface area contributed by atoms with Crippen molar-refractivity contribution in [3.8, 4) is 0 Å². The summed E-state index contributed by atoms with van der Waals surface area (Å²) in [6.45, 7) is 22.3. The molecule has 0 rings (SSSR count). The van der Waals surface area contributed by atoms with Gasteiger partial charge in [0.2, 0.25) is 0 Å². The van der Waals surface area contributed by atoms with Crippen molar-refractivity contribution in [1.82, 2.24) is 0 Å². The topological polar surface area (TPSA) is 0 Å². The van der Waals surface area contributed by atoms with Crippen LogP contribution in [0.25, 0.3) is 0 Å². The summed E-state index contributed by atoms with van der Waals surface area (Å²) in [6.07, 6.45) is 0. The van der Waals surface area contributed by atoms with E-state index in [2.05, 4.69) is 53.2 Å². The minimum Gasteiger partial charge on any atom is -0.104 e. The van der Waals surface area contributed by atoms with E-state index in [9.17, 15) is 0 Å². The van der Waals surface area contributed by atoms with Crippen molar-refractivity contribution in [2.24, 2.45) is 0 Å². The number of allylic oxidation sites excluding steroid dienone is 2. The largest absolute Gasteiger partial charge is 0.104 e. The lowest BCUT2D eigenvalue weighted by molar-refractivity contribution is 1.54. The Balaban J connectivity index is 5.01. The van der Waals surface area contributed by atoms with Crippen molar-refractivity contribution in [1.29, 1.82) is 0 Å². The van der Waals surface area contributed by atoms with Crippen molar-refractivity contribution in [3.63, 3.8) is 0 Å². The Bertz CT molecular complexity index is 188. The highest BCUT2D eigenvalue weighted by Gasteiger charge is 2.41. The standard InChI is InChI=1S/C10H22Si2/c1-9(2)11(5,6)12(7,8)10(3)4/h1,3H2,2,4-8H3. The normalized spacial score (nSPS) is 12.8. The molecule has 0 saturated carbocycles. The second-order valence-electron chi connectivity index (χ2n) is 4.81. The first kappa shape index (κ1) is 11.9. The molecule has 0 aliphatic rings. The summed E-state index contributed by atoms with van der Waals surface area (Å²) in [4.78, 5) is 0. The fourth-order valence-electron chi connectivity index (χ4n) is 1.07. The van der Waals surface area contributed by atoms with Crippen LogP contribution in [0, 0.1) is 0 Å². The van der Waals surface area contributed by atoms with Crippen LogP contribution in [0.3, 0.4) is 0 Å². The summed E-state index contributed by atoms with van der Waals surface area (Å²) in [5, 5.41) is 2.84. The van der Waals surface area contributed by atoms with E-state index in [1.54, 1.807) is 0 Å². The van der Waals surface area contributed by atoms with Gasteiger partial charge in [0.25, 0.3) is 0 Å². The third-order valence-electron chi connectivity index (χ3n) is 3.70. The Morgan fingerprint density at radius 2 is 0.917 bits per heavy atom. The molecule has 0 aromatic heterocycles. The number of rotatable bonds is 3. The summed E-state index contributed by atoms with van der Waals surface area (Å²) in [5.41, 5.74) is 0. The summed E-state index contributed by atoms with van der Waals surface area (Å²) < 4.78 is 0. The van der Waals surface area contributed by atoms with Gasteiger partial charge < -0.3 is 0 Å². The Morgan fingerprint density at radius 3 is 1.00 bits per heavy atom. The van der Waals surface area contributed by atoms with E-state index in [1.807, 2.05) is 0 Å². The SMILES string of the molecule is C=C(C)[Si](C)(C)[Si](C)(C)C(=C)C. The molecule has 0 N–H and O–H groups in total. The monoisotopic (exact) mass is 198 g/mol. The van der Waals surface area contributed by atoms with Crippen LogP contribution in [-0.2, 0) is 0 Å². The molecule has 0 bridgehead atoms. The first-order valence-electron chi connectivity index (χ1n) is 4.46. The zero-order valence-corrected chi connectivity index (χ0v) is 11.4. The lowest BCUT2D eigenvalue weighted by Gasteiger charge is -2.39. The van der Waals surface area contributed by atoms with Crippen molar-refractivity contribution in [2.45, 2.75) is 40.0 Å². The number of hydrogen-bond acceptors (Lipinski definition) is 0. The van der Waals surface area contributed by atoms with E-state index in [-0.39, 0.29) is 0 Å². The number of hydrogen-bond donors (Lipinski definition) is 0. The lowest BCUT2D eigenvalue weighted by Crippen LogP contribution is -2.56. The second kappa shape index (κ2) is 3.34. The lowest BCUT2D eigenvalue weighted by atomic mass is 10.8. The highest BCUT2D eigenvalue weighted by molar-refractivity contribution is 7.45. The molecule has 0 unspecified atom stereocenters. The van der Waals surface area contributed by atoms with E-state index < -0.39 is 15.2 Å². The van der Waals surface area contributed by atoms with Gasteiger partial charge in [-0.3, -0.25) is 0 Å². The van der Waals surface area contributed by atoms with E-state index in [1.165, 1.54) is 10.4 Å². The Hall–Kier alpha value is -0.0862. The van der Waals surface area contributed by atoms with Gasteiger partial charge in [-0.2, -0.15) is 0 Å². The summed E-state index contributed by atoms with van der Waals surface area (Å²) >= 11 is 0. The molecule has 70 valence electrons. The molecule has 0 spiro atoms. The average molecular weight is 198 g/mol. The molecule has 0 aromatic rings. The van der Waals surface area contributed by atoms with Gasteiger partial charge in [-0.25, -0.2) is 0 Å². The van der Waals surface area contributed by atoms with Crippen LogP contribution >= 0.6 is 0 Å². The van der Waals surface area contributed by atoms with Crippen LogP contribution in [0.15, 0.2) is 23.6 Å². The van der Waals surface area contributed by atoms with Gasteiger partial charge in [0.1, 0.15) is 0 Å². The zero-order valence-electron chi connectivity index (χ0n) is 9.41. The van der Waals surface area contributed by atoms with Crippen molar-refractivity contribution < 1.29 is 0 Å². The van der Waals surface area contributed by atoms with Gasteiger partial charge in [0, 0.05) is 0 Å². The Kier molecular flexibility index (Phi) is 3.32. The fourth-order valence-corrected chi connectivity index (χ4v) is 9.60. The molecule has 12 heavy (non-hydrogen) atoms. The highest BCUT2D eigenvalue weighted by Crippen LogP contribution is 2.29. The van der Waals surface area contributed by atoms with Crippen LogP contribution < -0.4 is 0 Å². The molecule has 0 aliphatic carbocycles. The maximum atomic E-state index is 4.13. The Morgan fingerprint density at radius 1 is 0.750 bits per heavy atom. The molecule has 0 radical (unpaired) electrons. The molecule has 0 fully saturated rings. The third kappa shape index (κ3) is 1.80. The molecule has 0 aliphatic heterocycles. The quantitative estimate of drug-likeness (QED) is 0.607. The second-order valence-corrected chi connectivity index (χ2v) is 20.5. The van der Waals surface area contributed by atoms with Crippen molar-refractivity contribution in [3.05, 3.63) is 23.6 Å². The Labute approximate surface area is 79.2 Å². The maximum Gasteiger partial charge on any atom is 0.0725 e. The fraction of sp³-hybridized carbons (Fsp3) is 0.600. The van der Waals surface area contributed by atoms with Gasteiger partial charge in [-0.05, 0) is 13.8 Å². The van der Waals surface area contributed by atoms with E-state index in [0.717, 1.165) is 0 Å². The minimum absolute atomic E-state index is 1.23. The predicted molar refractivity (Wildman–Crippen MR) is 64.6 cm³/mol. The third-order valence-corrected chi connectivity index (χ3v) is 23.0. The first-order chi connectivity index (χ1) is 5.14. The van der Waals surface area contributed by atoms with Gasteiger partial charge in [-0.1, -0.05) is 36.6 Å². The molecular weight excluding hydrogens is 176 g/mol. The van der Waals surface area contributed by atoms with Crippen LogP contribution in [0.2, 0.25) is 26.2 Å². The molecule has 0 aromatic carbocycles. The minimum atomic E-state index is -1.23. The molecule has 0 atom stereocenters. The summed E-state index contributed by atoms with van der Waals surface area (Å²) in [6, 6.07) is 0. The van der Waals surface area contributed by atoms with Crippen molar-refractivity contribution in [2.75, 3.05) is 0 Å². The predicted octanol–water partition coefficient (Wildman–Crippen LogP) is 3.71. The summed E-state index contributed by atoms with van der Waals surface area (Å²) in [5.74, 6) is 0. The van der Waals surface area contributed by atoms with Gasteiger partial charge in [0.05, 0.1) is 15.2 Å². The van der Waals surface area contributed by atoms with Crippen LogP contribution in [0.5, 0.6) is 0 Å². The van der Waals surface area contributed by atoms with E-state index in [4.69, 9.17) is 0 Å². The maximum absolute atomic E-state index is 4.13. The highest BCUT2D eigenvalue weighted by atomic mass is 29.3. The van der Waals surface area contributed by atoms with Crippen LogP contribution in [-0.4, -0.2) is 15.2 Å². The van der Waals surface area contributed by atoms with E-state index >= 15 is 0 Å². The van der Waals surface area contributed by atoms with Gasteiger partial charge in [0.15, 0.2) is 0 Å². The zero-order chi connectivity index (χ0) is 10.2. The molecule has 0 amide bonds. The van der Waals surface area contributed by atoms with E-state index in [0.29, 0.717) is 0 Å². The average Bonchev–Trinajstić information content (AvgIpc) is 1.86. The molecule has 0 nitrogen and oxygen atoms in total. The van der Waals surface area contributed by atoms with Crippen LogP contribution in [0.4, 0.5) is 0 Å². The first-order valence-corrected chi connectivity index (χ1v) is 11.5. The smallest absolute Gasteiger partial charge is 0.0725 e. The molecular formula is C10H22Si2. The van der Waals surface area contributed by atoms with Crippen molar-refractivity contribution >= 4 is 15.2 Å².